The zero-order valence-corrected chi connectivity index (χ0v) is 16.2. The molecule has 0 aromatic heterocycles. The van der Waals surface area contributed by atoms with Crippen LogP contribution in [0.25, 0.3) is 0 Å². The van der Waals surface area contributed by atoms with Crippen molar-refractivity contribution < 1.29 is 44.0 Å². The zero-order chi connectivity index (χ0) is 15.8. The first-order valence-corrected chi connectivity index (χ1v) is 8.93. The molecular weight excluding hydrogens is 321 g/mol. The van der Waals surface area contributed by atoms with Gasteiger partial charge in [0.05, 0.1) is 5.75 Å². The Morgan fingerprint density at radius 1 is 0.957 bits per heavy atom. The molecule has 0 spiro atoms. The van der Waals surface area contributed by atoms with Gasteiger partial charge in [-0.05, 0) is 24.1 Å². The van der Waals surface area contributed by atoms with E-state index in [1.165, 1.54) is 11.1 Å². The molecule has 2 aromatic rings. The molecule has 0 heterocycles. The maximum Gasteiger partial charge on any atom is 1.00 e. The second kappa shape index (κ2) is 10.2. The summed E-state index contributed by atoms with van der Waals surface area (Å²) in [6.45, 7) is 1.27. The molecule has 6 heteroatoms. The molecule has 0 unspecified atom stereocenters. The fourth-order valence-corrected chi connectivity index (χ4v) is 2.93. The van der Waals surface area contributed by atoms with E-state index >= 15 is 0 Å². The fourth-order valence-electron chi connectivity index (χ4n) is 2.42. The predicted octanol–water partition coefficient (Wildman–Crippen LogP) is -0.197. The van der Waals surface area contributed by atoms with Crippen molar-refractivity contribution in [2.75, 3.05) is 18.8 Å². The predicted molar refractivity (Wildman–Crippen MR) is 89.7 cm³/mol. The van der Waals surface area contributed by atoms with Gasteiger partial charge in [0.25, 0.3) is 10.1 Å². The van der Waals surface area contributed by atoms with Crippen molar-refractivity contribution in [3.63, 3.8) is 0 Å². The minimum Gasteiger partial charge on any atom is -1.00 e. The molecule has 2 rings (SSSR count). The summed E-state index contributed by atoms with van der Waals surface area (Å²) in [6, 6.07) is 20.4. The van der Waals surface area contributed by atoms with E-state index in [9.17, 15) is 8.42 Å². The van der Waals surface area contributed by atoms with Gasteiger partial charge in [0.2, 0.25) is 0 Å². The average molecular weight is 343 g/mol. The summed E-state index contributed by atoms with van der Waals surface area (Å²) >= 11 is 0. The average Bonchev–Trinajstić information content (AvgIpc) is 2.51. The van der Waals surface area contributed by atoms with Crippen molar-refractivity contribution in [1.29, 1.82) is 0 Å². The third-order valence-corrected chi connectivity index (χ3v) is 4.31. The molecule has 0 saturated heterocycles. The molecule has 0 radical (unpaired) electrons. The van der Waals surface area contributed by atoms with E-state index < -0.39 is 10.1 Å². The van der Waals surface area contributed by atoms with E-state index in [1.54, 1.807) is 0 Å². The molecule has 2 aromatic carbocycles. The molecule has 2 N–H and O–H groups in total. The SMILES string of the molecule is O=S(=O)(O)CCCNCC(c1ccccc1)c1ccccc1.[H-].[Na+]. The standard InChI is InChI=1S/C17H21NO3S.Na.H/c19-22(20,21)13-7-12-18-14-17(15-8-3-1-4-9-15)16-10-5-2-6-11-16;;/h1-6,8-11,17-18H,7,12-14H2,(H,19,20,21);;/q;+1;-1. The molecule has 0 aliphatic heterocycles. The van der Waals surface area contributed by atoms with E-state index in [0.29, 0.717) is 13.0 Å². The fraction of sp³-hybridized carbons (Fsp3) is 0.294. The Hall–Kier alpha value is -0.690. The number of hydrogen-bond acceptors (Lipinski definition) is 3. The first kappa shape index (κ1) is 20.4. The van der Waals surface area contributed by atoms with E-state index in [4.69, 9.17) is 4.55 Å². The first-order valence-electron chi connectivity index (χ1n) is 7.32. The Bertz CT molecular complexity index is 629. The van der Waals surface area contributed by atoms with Gasteiger partial charge in [-0.15, -0.1) is 0 Å². The minimum atomic E-state index is -3.87. The van der Waals surface area contributed by atoms with Gasteiger partial charge in [-0.1, -0.05) is 60.7 Å². The summed E-state index contributed by atoms with van der Waals surface area (Å²) in [7, 11) is -3.87. The third kappa shape index (κ3) is 7.61. The summed E-state index contributed by atoms with van der Waals surface area (Å²) in [4.78, 5) is 0. The van der Waals surface area contributed by atoms with Crippen molar-refractivity contribution in [3.05, 3.63) is 71.8 Å². The van der Waals surface area contributed by atoms with E-state index in [-0.39, 0.29) is 42.7 Å². The summed E-state index contributed by atoms with van der Waals surface area (Å²) < 4.78 is 30.1. The maximum atomic E-state index is 10.7. The van der Waals surface area contributed by atoms with Crippen LogP contribution in [0.2, 0.25) is 0 Å². The summed E-state index contributed by atoms with van der Waals surface area (Å²) in [5.74, 6) is 0.00886. The van der Waals surface area contributed by atoms with Gasteiger partial charge in [-0.3, -0.25) is 4.55 Å². The molecule has 23 heavy (non-hydrogen) atoms. The van der Waals surface area contributed by atoms with Crippen LogP contribution in [-0.2, 0) is 10.1 Å². The van der Waals surface area contributed by atoms with Gasteiger partial charge in [-0.2, -0.15) is 8.42 Å². The Morgan fingerprint density at radius 2 is 1.43 bits per heavy atom. The Kier molecular flexibility index (Phi) is 9.06. The largest absolute Gasteiger partial charge is 1.00 e. The topological polar surface area (TPSA) is 66.4 Å². The van der Waals surface area contributed by atoms with Crippen LogP contribution in [0.3, 0.4) is 0 Å². The number of nitrogens with one attached hydrogen (secondary N) is 1. The van der Waals surface area contributed by atoms with Gasteiger partial charge in [0.15, 0.2) is 0 Å². The number of hydrogen-bond donors (Lipinski definition) is 2. The van der Waals surface area contributed by atoms with Crippen molar-refractivity contribution in [2.24, 2.45) is 0 Å². The molecule has 0 aliphatic carbocycles. The van der Waals surface area contributed by atoms with Crippen molar-refractivity contribution in [1.82, 2.24) is 5.32 Å². The second-order valence-corrected chi connectivity index (χ2v) is 6.79. The van der Waals surface area contributed by atoms with Crippen LogP contribution >= 0.6 is 0 Å². The Balaban J connectivity index is 0.00000264. The molecule has 120 valence electrons. The minimum absolute atomic E-state index is 0. The third-order valence-electron chi connectivity index (χ3n) is 3.51. The summed E-state index contributed by atoms with van der Waals surface area (Å²) in [6.07, 6.45) is 0.398. The first-order chi connectivity index (χ1) is 10.6. The molecule has 4 nitrogen and oxygen atoms in total. The number of rotatable bonds is 8. The molecule has 0 fully saturated rings. The summed E-state index contributed by atoms with van der Waals surface area (Å²) in [5.41, 5.74) is 2.44. The zero-order valence-electron chi connectivity index (χ0n) is 14.4. The van der Waals surface area contributed by atoms with Gasteiger partial charge in [0.1, 0.15) is 0 Å². The van der Waals surface area contributed by atoms with Crippen molar-refractivity contribution in [3.8, 4) is 0 Å². The van der Waals surface area contributed by atoms with Crippen LogP contribution in [0, 0.1) is 0 Å². The van der Waals surface area contributed by atoms with E-state index in [0.717, 1.165) is 6.54 Å². The van der Waals surface area contributed by atoms with Crippen LogP contribution < -0.4 is 34.9 Å². The molecule has 0 saturated carbocycles. The maximum absolute atomic E-state index is 10.7. The molecular formula is C17H22NNaO3S. The van der Waals surface area contributed by atoms with Gasteiger partial charge in [0, 0.05) is 12.5 Å². The van der Waals surface area contributed by atoms with Crippen LogP contribution in [-0.4, -0.2) is 31.8 Å². The van der Waals surface area contributed by atoms with Crippen molar-refractivity contribution in [2.45, 2.75) is 12.3 Å². The second-order valence-electron chi connectivity index (χ2n) is 5.22. The van der Waals surface area contributed by atoms with Crippen molar-refractivity contribution >= 4 is 10.1 Å². The Morgan fingerprint density at radius 3 is 1.87 bits per heavy atom. The molecule has 0 bridgehead atoms. The number of benzene rings is 2. The smallest absolute Gasteiger partial charge is 1.00 e. The van der Waals surface area contributed by atoms with Crippen LogP contribution in [0.15, 0.2) is 60.7 Å². The van der Waals surface area contributed by atoms with Gasteiger partial charge in [-0.25, -0.2) is 0 Å². The monoisotopic (exact) mass is 343 g/mol. The van der Waals surface area contributed by atoms with Crippen LogP contribution in [0.1, 0.15) is 24.9 Å². The molecule has 0 atom stereocenters. The van der Waals surface area contributed by atoms with Crippen LogP contribution in [0.4, 0.5) is 0 Å². The normalized spacial score (nSPS) is 11.2. The van der Waals surface area contributed by atoms with Crippen LogP contribution in [0.5, 0.6) is 0 Å². The summed E-state index contributed by atoms with van der Waals surface area (Å²) in [5, 5.41) is 3.28. The Labute approximate surface area is 161 Å². The van der Waals surface area contributed by atoms with Gasteiger partial charge < -0.3 is 6.74 Å². The van der Waals surface area contributed by atoms with E-state index in [1.807, 2.05) is 36.4 Å². The van der Waals surface area contributed by atoms with E-state index in [2.05, 4.69) is 29.6 Å². The molecule has 0 amide bonds. The van der Waals surface area contributed by atoms with Gasteiger partial charge >= 0.3 is 29.6 Å². The quantitative estimate of drug-likeness (QED) is 0.396. The molecule has 0 aliphatic rings.